The van der Waals surface area contributed by atoms with Gasteiger partial charge in [-0.3, -0.25) is 0 Å². The average Bonchev–Trinajstić information content (AvgIpc) is 2.48. The molecule has 0 atom stereocenters. The number of nitrogens with one attached hydrogen (secondary N) is 1. The number of carboxylic acid groups (broad SMARTS) is 1. The van der Waals surface area contributed by atoms with Crippen molar-refractivity contribution in [3.63, 3.8) is 0 Å². The van der Waals surface area contributed by atoms with Crippen molar-refractivity contribution in [2.24, 2.45) is 0 Å². The van der Waals surface area contributed by atoms with Crippen molar-refractivity contribution in [3.05, 3.63) is 46.5 Å². The summed E-state index contributed by atoms with van der Waals surface area (Å²) in [6.07, 6.45) is 0.583. The number of aromatic nitrogens is 2. The fourth-order valence-electron chi connectivity index (χ4n) is 2.49. The second-order valence-corrected chi connectivity index (χ2v) is 5.01. The number of aromatic carboxylic acids is 1. The van der Waals surface area contributed by atoms with Gasteiger partial charge in [0.2, 0.25) is 0 Å². The molecule has 1 aromatic heterocycles. The van der Waals surface area contributed by atoms with Gasteiger partial charge in [0.1, 0.15) is 5.82 Å². The molecule has 2 heterocycles. The minimum absolute atomic E-state index is 0.0140. The van der Waals surface area contributed by atoms with Crippen molar-refractivity contribution in [2.75, 3.05) is 6.54 Å². The zero-order chi connectivity index (χ0) is 15.0. The summed E-state index contributed by atoms with van der Waals surface area (Å²) in [5.41, 5.74) is 2.67. The first-order valence-corrected chi connectivity index (χ1v) is 6.66. The van der Waals surface area contributed by atoms with Gasteiger partial charge < -0.3 is 10.4 Å². The SMILES string of the molecule is Cc1ccc(F)cc1-c1nc2c(c(C(=O)O)n1)CCNC2. The average molecular weight is 287 g/mol. The summed E-state index contributed by atoms with van der Waals surface area (Å²) in [4.78, 5) is 20.0. The molecule has 108 valence electrons. The molecular weight excluding hydrogens is 273 g/mol. The van der Waals surface area contributed by atoms with Gasteiger partial charge in [-0.15, -0.1) is 0 Å². The van der Waals surface area contributed by atoms with Crippen LogP contribution in [0, 0.1) is 12.7 Å². The van der Waals surface area contributed by atoms with Crippen LogP contribution < -0.4 is 5.32 Å². The van der Waals surface area contributed by atoms with E-state index >= 15 is 0 Å². The summed E-state index contributed by atoms with van der Waals surface area (Å²) in [6.45, 7) is 3.02. The Bertz CT molecular complexity index is 731. The second kappa shape index (κ2) is 5.21. The topological polar surface area (TPSA) is 75.1 Å². The third-order valence-corrected chi connectivity index (χ3v) is 3.58. The minimum Gasteiger partial charge on any atom is -0.476 e. The predicted molar refractivity (Wildman–Crippen MR) is 74.5 cm³/mol. The Morgan fingerprint density at radius 1 is 1.38 bits per heavy atom. The molecule has 6 heteroatoms. The van der Waals surface area contributed by atoms with Crippen LogP contribution in [0.3, 0.4) is 0 Å². The van der Waals surface area contributed by atoms with Gasteiger partial charge >= 0.3 is 5.97 Å². The summed E-state index contributed by atoms with van der Waals surface area (Å²) in [5.74, 6) is -1.22. The maximum Gasteiger partial charge on any atom is 0.354 e. The molecule has 0 unspecified atom stereocenters. The van der Waals surface area contributed by atoms with E-state index in [1.54, 1.807) is 6.07 Å². The van der Waals surface area contributed by atoms with Gasteiger partial charge in [-0.2, -0.15) is 0 Å². The molecule has 1 aromatic carbocycles. The normalized spacial score (nSPS) is 13.8. The molecule has 0 amide bonds. The van der Waals surface area contributed by atoms with Crippen molar-refractivity contribution < 1.29 is 14.3 Å². The fraction of sp³-hybridized carbons (Fsp3) is 0.267. The van der Waals surface area contributed by atoms with Crippen molar-refractivity contribution in [3.8, 4) is 11.4 Å². The highest BCUT2D eigenvalue weighted by Crippen LogP contribution is 2.25. The number of fused-ring (bicyclic) bond motifs is 1. The van der Waals surface area contributed by atoms with Gasteiger partial charge in [-0.1, -0.05) is 6.07 Å². The van der Waals surface area contributed by atoms with Crippen molar-refractivity contribution in [1.82, 2.24) is 15.3 Å². The molecular formula is C15H14FN3O2. The Kier molecular flexibility index (Phi) is 3.39. The van der Waals surface area contributed by atoms with Gasteiger partial charge in [0.15, 0.2) is 11.5 Å². The number of aryl methyl sites for hydroxylation is 1. The molecule has 0 saturated heterocycles. The first kappa shape index (κ1) is 13.6. The Labute approximate surface area is 120 Å². The number of carbonyl (C=O) groups is 1. The molecule has 5 nitrogen and oxygen atoms in total. The lowest BCUT2D eigenvalue weighted by atomic mass is 10.0. The maximum absolute atomic E-state index is 13.4. The lowest BCUT2D eigenvalue weighted by Crippen LogP contribution is -2.27. The zero-order valence-electron chi connectivity index (χ0n) is 11.5. The van der Waals surface area contributed by atoms with E-state index in [0.717, 1.165) is 5.56 Å². The van der Waals surface area contributed by atoms with Crippen molar-refractivity contribution >= 4 is 5.97 Å². The monoisotopic (exact) mass is 287 g/mol. The number of hydrogen-bond acceptors (Lipinski definition) is 4. The van der Waals surface area contributed by atoms with E-state index in [1.165, 1.54) is 12.1 Å². The zero-order valence-corrected chi connectivity index (χ0v) is 11.5. The van der Waals surface area contributed by atoms with Crippen LogP contribution in [0.1, 0.15) is 27.3 Å². The summed E-state index contributed by atoms with van der Waals surface area (Å²) >= 11 is 0. The van der Waals surface area contributed by atoms with Crippen molar-refractivity contribution in [1.29, 1.82) is 0 Å². The quantitative estimate of drug-likeness (QED) is 0.883. The van der Waals surface area contributed by atoms with Crippen LogP contribution in [0.2, 0.25) is 0 Å². The minimum atomic E-state index is -1.08. The largest absolute Gasteiger partial charge is 0.476 e. The van der Waals surface area contributed by atoms with E-state index in [2.05, 4.69) is 15.3 Å². The van der Waals surface area contributed by atoms with Crippen LogP contribution in [0.5, 0.6) is 0 Å². The summed E-state index contributed by atoms with van der Waals surface area (Å²) < 4.78 is 13.4. The van der Waals surface area contributed by atoms with Gasteiger partial charge in [-0.25, -0.2) is 19.2 Å². The molecule has 2 aromatic rings. The molecule has 0 bridgehead atoms. The summed E-state index contributed by atoms with van der Waals surface area (Å²) in [7, 11) is 0. The van der Waals surface area contributed by atoms with Crippen LogP contribution in [0.15, 0.2) is 18.2 Å². The highest BCUT2D eigenvalue weighted by atomic mass is 19.1. The van der Waals surface area contributed by atoms with Gasteiger partial charge in [0, 0.05) is 17.7 Å². The van der Waals surface area contributed by atoms with Crippen molar-refractivity contribution in [2.45, 2.75) is 19.9 Å². The molecule has 0 radical (unpaired) electrons. The molecule has 0 fully saturated rings. The lowest BCUT2D eigenvalue weighted by molar-refractivity contribution is 0.0688. The van der Waals surface area contributed by atoms with Crippen LogP contribution in [-0.2, 0) is 13.0 Å². The smallest absolute Gasteiger partial charge is 0.354 e. The molecule has 0 saturated carbocycles. The Morgan fingerprint density at radius 2 is 2.19 bits per heavy atom. The number of halogens is 1. The third-order valence-electron chi connectivity index (χ3n) is 3.58. The van der Waals surface area contributed by atoms with Gasteiger partial charge in [0.05, 0.1) is 5.69 Å². The lowest BCUT2D eigenvalue weighted by Gasteiger charge is -2.19. The highest BCUT2D eigenvalue weighted by Gasteiger charge is 2.22. The van der Waals surface area contributed by atoms with Crippen LogP contribution in [0.25, 0.3) is 11.4 Å². The van der Waals surface area contributed by atoms with Gasteiger partial charge in [-0.05, 0) is 37.6 Å². The highest BCUT2D eigenvalue weighted by molar-refractivity contribution is 5.88. The number of nitrogens with zero attached hydrogens (tertiary/aromatic N) is 2. The van der Waals surface area contributed by atoms with Crippen LogP contribution in [-0.4, -0.2) is 27.6 Å². The molecule has 2 N–H and O–H groups in total. The van der Waals surface area contributed by atoms with E-state index in [-0.39, 0.29) is 11.5 Å². The Morgan fingerprint density at radius 3 is 2.95 bits per heavy atom. The number of hydrogen-bond donors (Lipinski definition) is 2. The summed E-state index contributed by atoms with van der Waals surface area (Å²) in [6, 6.07) is 4.32. The number of benzene rings is 1. The Hall–Kier alpha value is -2.34. The molecule has 0 spiro atoms. The van der Waals surface area contributed by atoms with Gasteiger partial charge in [0.25, 0.3) is 0 Å². The Balaban J connectivity index is 2.22. The first-order chi connectivity index (χ1) is 10.1. The maximum atomic E-state index is 13.4. The van der Waals surface area contributed by atoms with E-state index in [4.69, 9.17) is 0 Å². The number of rotatable bonds is 2. The standard InChI is InChI=1S/C15H14FN3O2/c1-8-2-3-9(16)6-11(8)14-18-12-7-17-5-4-10(12)13(19-14)15(20)21/h2-3,6,17H,4-5,7H2,1H3,(H,20,21). The summed E-state index contributed by atoms with van der Waals surface area (Å²) in [5, 5.41) is 12.5. The molecule has 3 rings (SSSR count). The number of carboxylic acids is 1. The molecule has 21 heavy (non-hydrogen) atoms. The second-order valence-electron chi connectivity index (χ2n) is 5.01. The van der Waals surface area contributed by atoms with Crippen LogP contribution >= 0.6 is 0 Å². The molecule has 1 aliphatic heterocycles. The third kappa shape index (κ3) is 2.50. The first-order valence-electron chi connectivity index (χ1n) is 6.66. The predicted octanol–water partition coefficient (Wildman–Crippen LogP) is 1.94. The molecule has 1 aliphatic rings. The fourth-order valence-corrected chi connectivity index (χ4v) is 2.49. The van der Waals surface area contributed by atoms with E-state index < -0.39 is 11.8 Å². The van der Waals surface area contributed by atoms with E-state index in [0.29, 0.717) is 36.3 Å². The van der Waals surface area contributed by atoms with Crippen LogP contribution in [0.4, 0.5) is 4.39 Å². The van der Waals surface area contributed by atoms with E-state index in [1.807, 2.05) is 6.92 Å². The van der Waals surface area contributed by atoms with E-state index in [9.17, 15) is 14.3 Å². The molecule has 0 aliphatic carbocycles.